The van der Waals surface area contributed by atoms with E-state index in [-0.39, 0.29) is 17.2 Å². The van der Waals surface area contributed by atoms with Crippen LogP contribution >= 0.6 is 0 Å². The van der Waals surface area contributed by atoms with Crippen molar-refractivity contribution in [2.75, 3.05) is 6.54 Å². The second-order valence-corrected chi connectivity index (χ2v) is 5.80. The minimum absolute atomic E-state index is 0.178. The van der Waals surface area contributed by atoms with Gasteiger partial charge in [-0.05, 0) is 29.8 Å². The Balaban J connectivity index is 1.65. The molecule has 4 rings (SSSR count). The van der Waals surface area contributed by atoms with Crippen molar-refractivity contribution in [3.8, 4) is 0 Å². The third kappa shape index (κ3) is 2.44. The van der Waals surface area contributed by atoms with Crippen molar-refractivity contribution in [1.82, 2.24) is 24.6 Å². The van der Waals surface area contributed by atoms with Gasteiger partial charge >= 0.3 is 0 Å². The summed E-state index contributed by atoms with van der Waals surface area (Å²) in [6, 6.07) is 8.71. The van der Waals surface area contributed by atoms with E-state index in [0.717, 1.165) is 22.3 Å². The number of nitrogens with zero attached hydrogens (tertiary/aromatic N) is 5. The molecule has 1 aliphatic rings. The molecular formula is C17H15N5O2. The number of carbonyl (C=O) groups is 1. The number of rotatable bonds is 1. The molecule has 1 amide bonds. The van der Waals surface area contributed by atoms with Crippen LogP contribution in [-0.4, -0.2) is 37.1 Å². The highest BCUT2D eigenvalue weighted by Gasteiger charge is 2.24. The Morgan fingerprint density at radius 1 is 1.25 bits per heavy atom. The Morgan fingerprint density at radius 2 is 2.12 bits per heavy atom. The lowest BCUT2D eigenvalue weighted by atomic mass is 10.0. The Kier molecular flexibility index (Phi) is 3.34. The minimum Gasteiger partial charge on any atom is -0.332 e. The van der Waals surface area contributed by atoms with Gasteiger partial charge in [0.2, 0.25) is 0 Å². The van der Waals surface area contributed by atoms with Crippen LogP contribution in [0, 0.1) is 0 Å². The van der Waals surface area contributed by atoms with Gasteiger partial charge in [-0.25, -0.2) is 14.6 Å². The number of pyridine rings is 2. The van der Waals surface area contributed by atoms with Gasteiger partial charge in [-0.15, -0.1) is 0 Å². The molecule has 0 aliphatic carbocycles. The van der Waals surface area contributed by atoms with Crippen molar-refractivity contribution in [2.24, 2.45) is 7.05 Å². The zero-order valence-electron chi connectivity index (χ0n) is 13.1. The van der Waals surface area contributed by atoms with Gasteiger partial charge in [0.15, 0.2) is 5.65 Å². The lowest BCUT2D eigenvalue weighted by molar-refractivity contribution is 0.0725. The molecule has 1 aliphatic heterocycles. The van der Waals surface area contributed by atoms with Crippen LogP contribution in [0.3, 0.4) is 0 Å². The Bertz CT molecular complexity index is 1010. The highest BCUT2D eigenvalue weighted by molar-refractivity contribution is 5.92. The molecule has 0 bridgehead atoms. The quantitative estimate of drug-likeness (QED) is 0.666. The largest absolute Gasteiger partial charge is 0.332 e. The van der Waals surface area contributed by atoms with Gasteiger partial charge in [0.25, 0.3) is 11.5 Å². The third-order valence-electron chi connectivity index (χ3n) is 4.20. The maximum absolute atomic E-state index is 12.7. The maximum atomic E-state index is 12.7. The topological polar surface area (TPSA) is 81.0 Å². The fourth-order valence-corrected chi connectivity index (χ4v) is 2.92. The summed E-state index contributed by atoms with van der Waals surface area (Å²) in [5.41, 5.74) is 2.78. The van der Waals surface area contributed by atoms with E-state index in [4.69, 9.17) is 0 Å². The number of aryl methyl sites for hydroxylation is 1. The highest BCUT2D eigenvalue weighted by atomic mass is 16.2. The van der Waals surface area contributed by atoms with Crippen LogP contribution in [0.2, 0.25) is 0 Å². The van der Waals surface area contributed by atoms with Gasteiger partial charge in [-0.1, -0.05) is 0 Å². The molecule has 0 spiro atoms. The summed E-state index contributed by atoms with van der Waals surface area (Å²) in [5.74, 6) is -0.178. The first-order chi connectivity index (χ1) is 11.6. The molecule has 24 heavy (non-hydrogen) atoms. The van der Waals surface area contributed by atoms with Crippen molar-refractivity contribution in [1.29, 1.82) is 0 Å². The van der Waals surface area contributed by atoms with Crippen molar-refractivity contribution in [2.45, 2.75) is 13.0 Å². The molecule has 0 atom stereocenters. The summed E-state index contributed by atoms with van der Waals surface area (Å²) in [7, 11) is 1.54. The first-order valence-corrected chi connectivity index (χ1v) is 7.69. The van der Waals surface area contributed by atoms with E-state index in [0.29, 0.717) is 19.5 Å². The average molecular weight is 321 g/mol. The number of fused-ring (bicyclic) bond motifs is 2. The molecule has 3 aromatic heterocycles. The number of aromatic nitrogens is 4. The highest BCUT2D eigenvalue weighted by Crippen LogP contribution is 2.22. The number of amides is 1. The van der Waals surface area contributed by atoms with E-state index in [1.54, 1.807) is 11.1 Å². The van der Waals surface area contributed by atoms with Crippen LogP contribution in [-0.2, 0) is 20.0 Å². The average Bonchev–Trinajstić information content (AvgIpc) is 2.61. The summed E-state index contributed by atoms with van der Waals surface area (Å²) in [6.45, 7) is 1.05. The molecular weight excluding hydrogens is 306 g/mol. The number of hydrogen-bond donors (Lipinski definition) is 0. The maximum Gasteiger partial charge on any atom is 0.274 e. The predicted molar refractivity (Wildman–Crippen MR) is 87.5 cm³/mol. The molecule has 0 N–H and O–H groups in total. The second kappa shape index (κ2) is 5.52. The first kappa shape index (κ1) is 14.5. The van der Waals surface area contributed by atoms with Crippen molar-refractivity contribution >= 4 is 16.9 Å². The fraction of sp³-hybridized carbons (Fsp3) is 0.235. The van der Waals surface area contributed by atoms with Gasteiger partial charge in [0, 0.05) is 49.9 Å². The van der Waals surface area contributed by atoms with Gasteiger partial charge in [0.05, 0.1) is 0 Å². The number of hydrogen-bond acceptors (Lipinski definition) is 5. The van der Waals surface area contributed by atoms with Crippen LogP contribution in [0.15, 0.2) is 41.3 Å². The van der Waals surface area contributed by atoms with E-state index < -0.39 is 0 Å². The summed E-state index contributed by atoms with van der Waals surface area (Å²) >= 11 is 0. The van der Waals surface area contributed by atoms with Crippen LogP contribution < -0.4 is 5.56 Å². The molecule has 7 nitrogen and oxygen atoms in total. The SMILES string of the molecule is Cn1nc(C(=O)N2CCc3nc4ncccc4cc3C2)ccc1=O. The first-order valence-electron chi connectivity index (χ1n) is 7.69. The molecule has 0 unspecified atom stereocenters. The zero-order chi connectivity index (χ0) is 16.7. The molecule has 0 saturated heterocycles. The number of carbonyl (C=O) groups excluding carboxylic acids is 1. The molecule has 7 heteroatoms. The lowest BCUT2D eigenvalue weighted by Gasteiger charge is -2.28. The smallest absolute Gasteiger partial charge is 0.274 e. The lowest BCUT2D eigenvalue weighted by Crippen LogP contribution is -2.37. The summed E-state index contributed by atoms with van der Waals surface area (Å²) < 4.78 is 1.17. The minimum atomic E-state index is -0.237. The molecule has 0 fully saturated rings. The molecule has 4 heterocycles. The van der Waals surface area contributed by atoms with Gasteiger partial charge < -0.3 is 4.90 Å². The standard InChI is InChI=1S/C17H15N5O2/c1-21-15(23)5-4-14(20-21)17(24)22-8-6-13-12(10-22)9-11-3-2-7-18-16(11)19-13/h2-5,7,9H,6,8,10H2,1H3. The molecule has 0 radical (unpaired) electrons. The monoisotopic (exact) mass is 321 g/mol. The fourth-order valence-electron chi connectivity index (χ4n) is 2.92. The third-order valence-corrected chi connectivity index (χ3v) is 4.20. The van der Waals surface area contributed by atoms with Crippen LogP contribution in [0.1, 0.15) is 21.7 Å². The van der Waals surface area contributed by atoms with E-state index >= 15 is 0 Å². The van der Waals surface area contributed by atoms with Crippen molar-refractivity contribution < 1.29 is 4.79 Å². The second-order valence-electron chi connectivity index (χ2n) is 5.80. The van der Waals surface area contributed by atoms with E-state index in [2.05, 4.69) is 15.1 Å². The Hall–Kier alpha value is -3.09. The van der Waals surface area contributed by atoms with Crippen molar-refractivity contribution in [3.63, 3.8) is 0 Å². The molecule has 120 valence electrons. The van der Waals surface area contributed by atoms with Crippen LogP contribution in [0.4, 0.5) is 0 Å². The van der Waals surface area contributed by atoms with E-state index in [9.17, 15) is 9.59 Å². The molecule has 0 aromatic carbocycles. The summed E-state index contributed by atoms with van der Waals surface area (Å²) in [4.78, 5) is 34.7. The van der Waals surface area contributed by atoms with Crippen LogP contribution in [0.25, 0.3) is 11.0 Å². The van der Waals surface area contributed by atoms with E-state index in [1.807, 2.05) is 18.2 Å². The Labute approximate surface area is 137 Å². The summed E-state index contributed by atoms with van der Waals surface area (Å²) in [5, 5.41) is 5.00. The molecule has 3 aromatic rings. The van der Waals surface area contributed by atoms with Crippen LogP contribution in [0.5, 0.6) is 0 Å². The zero-order valence-corrected chi connectivity index (χ0v) is 13.1. The van der Waals surface area contributed by atoms with Gasteiger partial charge in [0.1, 0.15) is 5.69 Å². The molecule has 0 saturated carbocycles. The summed E-state index contributed by atoms with van der Waals surface area (Å²) in [6.07, 6.45) is 2.41. The normalized spacial score (nSPS) is 13.8. The van der Waals surface area contributed by atoms with Gasteiger partial charge in [-0.2, -0.15) is 5.10 Å². The Morgan fingerprint density at radius 3 is 2.96 bits per heavy atom. The van der Waals surface area contributed by atoms with Gasteiger partial charge in [-0.3, -0.25) is 9.59 Å². The predicted octanol–water partition coefficient (Wildman–Crippen LogP) is 0.922. The van der Waals surface area contributed by atoms with E-state index in [1.165, 1.54) is 23.9 Å². The van der Waals surface area contributed by atoms with Crippen molar-refractivity contribution in [3.05, 3.63) is 63.8 Å².